The molecule has 0 spiro atoms. The molecule has 0 fully saturated rings. The van der Waals surface area contributed by atoms with E-state index in [1.807, 2.05) is 37.3 Å². The third kappa shape index (κ3) is 5.85. The molecule has 5 nitrogen and oxygen atoms in total. The molecule has 0 radical (unpaired) electrons. The minimum absolute atomic E-state index is 0.122. The third-order valence-corrected chi connectivity index (χ3v) is 4.58. The number of aryl methyl sites for hydroxylation is 1. The van der Waals surface area contributed by atoms with Crippen LogP contribution in [0.15, 0.2) is 60.7 Å². The number of anilines is 1. The Labute approximate surface area is 170 Å². The molecule has 0 aliphatic heterocycles. The van der Waals surface area contributed by atoms with Crippen LogP contribution < -0.4 is 5.32 Å². The molecular formula is C23H25FN4O. The van der Waals surface area contributed by atoms with Crippen molar-refractivity contribution in [1.29, 1.82) is 0 Å². The number of benzene rings is 2. The fourth-order valence-electron chi connectivity index (χ4n) is 3.05. The van der Waals surface area contributed by atoms with Crippen molar-refractivity contribution < 1.29 is 9.18 Å². The molecule has 6 heteroatoms. The maximum atomic E-state index is 13.0. The molecule has 0 aliphatic carbocycles. The van der Waals surface area contributed by atoms with Crippen LogP contribution in [-0.2, 0) is 13.0 Å². The summed E-state index contributed by atoms with van der Waals surface area (Å²) in [5.74, 6) is 0.783. The topological polar surface area (TPSA) is 58.1 Å². The van der Waals surface area contributed by atoms with Crippen LogP contribution in [0.2, 0.25) is 0 Å². The van der Waals surface area contributed by atoms with Crippen molar-refractivity contribution in [2.75, 3.05) is 18.4 Å². The summed E-state index contributed by atoms with van der Waals surface area (Å²) in [6.07, 6.45) is 0.724. The van der Waals surface area contributed by atoms with Gasteiger partial charge in [-0.2, -0.15) is 0 Å². The van der Waals surface area contributed by atoms with E-state index >= 15 is 0 Å². The highest BCUT2D eigenvalue weighted by Crippen LogP contribution is 2.13. The Balaban J connectivity index is 1.66. The highest BCUT2D eigenvalue weighted by molar-refractivity contribution is 5.93. The van der Waals surface area contributed by atoms with E-state index in [0.717, 1.165) is 17.5 Å². The van der Waals surface area contributed by atoms with Crippen LogP contribution in [0.3, 0.4) is 0 Å². The van der Waals surface area contributed by atoms with Crippen LogP contribution in [0.5, 0.6) is 0 Å². The van der Waals surface area contributed by atoms with Crippen LogP contribution in [0.1, 0.15) is 34.4 Å². The van der Waals surface area contributed by atoms with E-state index < -0.39 is 0 Å². The summed E-state index contributed by atoms with van der Waals surface area (Å²) in [6.45, 7) is 5.47. The first kappa shape index (κ1) is 20.5. The molecule has 3 rings (SSSR count). The molecule has 0 aliphatic rings. The molecule has 29 heavy (non-hydrogen) atoms. The summed E-state index contributed by atoms with van der Waals surface area (Å²) in [6, 6.07) is 18.0. The number of hydrogen-bond acceptors (Lipinski definition) is 4. The molecule has 0 unspecified atom stereocenters. The van der Waals surface area contributed by atoms with Crippen molar-refractivity contribution in [2.45, 2.75) is 26.8 Å². The SMILES string of the molecule is CCN(Cc1ccccc1)C(=O)c1cc(NCCc2ccc(F)cc2)nc(C)n1. The van der Waals surface area contributed by atoms with Gasteiger partial charge in [-0.1, -0.05) is 42.5 Å². The maximum absolute atomic E-state index is 13.0. The largest absolute Gasteiger partial charge is 0.370 e. The Kier molecular flexibility index (Phi) is 6.89. The van der Waals surface area contributed by atoms with Gasteiger partial charge in [-0.3, -0.25) is 4.79 Å². The molecule has 150 valence electrons. The molecular weight excluding hydrogens is 367 g/mol. The number of nitrogens with zero attached hydrogens (tertiary/aromatic N) is 3. The Hall–Kier alpha value is -3.28. The van der Waals surface area contributed by atoms with E-state index in [2.05, 4.69) is 15.3 Å². The minimum atomic E-state index is -0.243. The van der Waals surface area contributed by atoms with Crippen molar-refractivity contribution in [2.24, 2.45) is 0 Å². The number of amides is 1. The van der Waals surface area contributed by atoms with Gasteiger partial charge in [0.1, 0.15) is 23.2 Å². The number of carbonyl (C=O) groups excluding carboxylic acids is 1. The van der Waals surface area contributed by atoms with Gasteiger partial charge in [-0.15, -0.1) is 0 Å². The highest BCUT2D eigenvalue weighted by Gasteiger charge is 2.17. The van der Waals surface area contributed by atoms with E-state index in [1.165, 1.54) is 12.1 Å². The zero-order valence-corrected chi connectivity index (χ0v) is 16.7. The predicted molar refractivity (Wildman–Crippen MR) is 112 cm³/mol. The number of carbonyl (C=O) groups is 1. The van der Waals surface area contributed by atoms with Crippen LogP contribution in [-0.4, -0.2) is 33.9 Å². The molecule has 0 bridgehead atoms. The molecule has 1 amide bonds. The Morgan fingerprint density at radius 3 is 2.45 bits per heavy atom. The van der Waals surface area contributed by atoms with Gasteiger partial charge in [0.15, 0.2) is 0 Å². The first-order chi connectivity index (χ1) is 14.0. The second kappa shape index (κ2) is 9.78. The molecule has 0 saturated carbocycles. The van der Waals surface area contributed by atoms with E-state index in [-0.39, 0.29) is 11.7 Å². The maximum Gasteiger partial charge on any atom is 0.272 e. The summed E-state index contributed by atoms with van der Waals surface area (Å²) in [5.41, 5.74) is 2.48. The second-order valence-electron chi connectivity index (χ2n) is 6.79. The third-order valence-electron chi connectivity index (χ3n) is 4.58. The van der Waals surface area contributed by atoms with Crippen molar-refractivity contribution >= 4 is 11.7 Å². The van der Waals surface area contributed by atoms with E-state index in [4.69, 9.17) is 0 Å². The quantitative estimate of drug-likeness (QED) is 0.623. The van der Waals surface area contributed by atoms with Crippen LogP contribution in [0.4, 0.5) is 10.2 Å². The van der Waals surface area contributed by atoms with Crippen molar-refractivity contribution in [3.63, 3.8) is 0 Å². The van der Waals surface area contributed by atoms with Crippen LogP contribution in [0.25, 0.3) is 0 Å². The Morgan fingerprint density at radius 2 is 1.76 bits per heavy atom. The number of hydrogen-bond donors (Lipinski definition) is 1. The summed E-state index contributed by atoms with van der Waals surface area (Å²) in [4.78, 5) is 23.5. The Morgan fingerprint density at radius 1 is 1.03 bits per heavy atom. The van der Waals surface area contributed by atoms with Crippen molar-refractivity contribution in [3.05, 3.63) is 89.1 Å². The Bertz CT molecular complexity index is 945. The fraction of sp³-hybridized carbons (Fsp3) is 0.261. The molecule has 2 aromatic carbocycles. The zero-order chi connectivity index (χ0) is 20.6. The van der Waals surface area contributed by atoms with E-state index in [0.29, 0.717) is 37.0 Å². The summed E-state index contributed by atoms with van der Waals surface area (Å²) in [7, 11) is 0. The van der Waals surface area contributed by atoms with Gasteiger partial charge in [-0.05, 0) is 43.5 Å². The summed E-state index contributed by atoms with van der Waals surface area (Å²) < 4.78 is 13.0. The van der Waals surface area contributed by atoms with Gasteiger partial charge in [0.25, 0.3) is 5.91 Å². The van der Waals surface area contributed by atoms with Gasteiger partial charge in [0, 0.05) is 25.7 Å². The molecule has 3 aromatic rings. The minimum Gasteiger partial charge on any atom is -0.370 e. The normalized spacial score (nSPS) is 10.6. The standard InChI is InChI=1S/C23H25FN4O/c1-3-28(16-19-7-5-4-6-8-19)23(29)21-15-22(27-17(2)26-21)25-14-13-18-9-11-20(24)12-10-18/h4-12,15H,3,13-14,16H2,1-2H3,(H,25,26,27). The predicted octanol–water partition coefficient (Wildman–Crippen LogP) is 4.24. The average Bonchev–Trinajstić information content (AvgIpc) is 2.73. The number of nitrogens with one attached hydrogen (secondary N) is 1. The molecule has 0 atom stereocenters. The van der Waals surface area contributed by atoms with Crippen LogP contribution in [0, 0.1) is 12.7 Å². The lowest BCUT2D eigenvalue weighted by atomic mass is 10.1. The first-order valence-electron chi connectivity index (χ1n) is 9.72. The lowest BCUT2D eigenvalue weighted by Crippen LogP contribution is -2.31. The smallest absolute Gasteiger partial charge is 0.272 e. The summed E-state index contributed by atoms with van der Waals surface area (Å²) >= 11 is 0. The monoisotopic (exact) mass is 392 g/mol. The van der Waals surface area contributed by atoms with E-state index in [1.54, 1.807) is 30.0 Å². The van der Waals surface area contributed by atoms with Gasteiger partial charge in [-0.25, -0.2) is 14.4 Å². The number of rotatable bonds is 8. The van der Waals surface area contributed by atoms with E-state index in [9.17, 15) is 9.18 Å². The summed E-state index contributed by atoms with van der Waals surface area (Å²) in [5, 5.41) is 3.23. The van der Waals surface area contributed by atoms with Gasteiger partial charge in [0.05, 0.1) is 0 Å². The van der Waals surface area contributed by atoms with Crippen molar-refractivity contribution in [1.82, 2.24) is 14.9 Å². The fourth-order valence-corrected chi connectivity index (χ4v) is 3.05. The zero-order valence-electron chi connectivity index (χ0n) is 16.7. The number of halogens is 1. The molecule has 1 N–H and O–H groups in total. The average molecular weight is 392 g/mol. The van der Waals surface area contributed by atoms with Crippen molar-refractivity contribution in [3.8, 4) is 0 Å². The molecule has 1 heterocycles. The lowest BCUT2D eigenvalue weighted by Gasteiger charge is -2.21. The van der Waals surface area contributed by atoms with Gasteiger partial charge >= 0.3 is 0 Å². The number of aromatic nitrogens is 2. The molecule has 0 saturated heterocycles. The lowest BCUT2D eigenvalue weighted by molar-refractivity contribution is 0.0746. The van der Waals surface area contributed by atoms with Gasteiger partial charge in [0.2, 0.25) is 0 Å². The molecule has 1 aromatic heterocycles. The van der Waals surface area contributed by atoms with Crippen LogP contribution >= 0.6 is 0 Å². The highest BCUT2D eigenvalue weighted by atomic mass is 19.1. The first-order valence-corrected chi connectivity index (χ1v) is 9.72. The van der Waals surface area contributed by atoms with Gasteiger partial charge < -0.3 is 10.2 Å². The second-order valence-corrected chi connectivity index (χ2v) is 6.79.